The van der Waals surface area contributed by atoms with Crippen LogP contribution in [0.25, 0.3) is 10.8 Å². The van der Waals surface area contributed by atoms with Crippen LogP contribution in [0.2, 0.25) is 0 Å². The zero-order valence-corrected chi connectivity index (χ0v) is 17.2. The molecule has 0 aliphatic rings. The molecule has 5 heteroatoms. The molecule has 3 nitrogen and oxygen atoms in total. The quantitative estimate of drug-likeness (QED) is 0.509. The maximum atomic E-state index is 12.8. The van der Waals surface area contributed by atoms with Crippen molar-refractivity contribution in [3.8, 4) is 0 Å². The molecule has 1 unspecified atom stereocenters. The summed E-state index contributed by atoms with van der Waals surface area (Å²) < 4.78 is 17.8. The van der Waals surface area contributed by atoms with Crippen molar-refractivity contribution in [2.75, 3.05) is 7.11 Å². The van der Waals surface area contributed by atoms with Gasteiger partial charge in [0.15, 0.2) is 0 Å². The van der Waals surface area contributed by atoms with Gasteiger partial charge in [-0.15, -0.1) is 0 Å². The predicted molar refractivity (Wildman–Crippen MR) is 119 cm³/mol. The molecule has 0 aliphatic carbocycles. The third kappa shape index (κ3) is 3.68. The number of hydrogen-bond acceptors (Lipinski definition) is 2. The van der Waals surface area contributed by atoms with Crippen molar-refractivity contribution >= 4 is 47.5 Å². The standard InChI is InChI=1S/C23H20O3P2/c1-26-28(24,25)23-17-21(16-18-10-8-9-15-22(18)23)27(19-11-4-2-5-12-19)20-13-6-3-7-14-20/h2-17H,1H3,(H,24,25). The van der Waals surface area contributed by atoms with Crippen LogP contribution in [-0.4, -0.2) is 12.0 Å². The van der Waals surface area contributed by atoms with E-state index >= 15 is 0 Å². The molecule has 4 rings (SSSR count). The molecule has 0 amide bonds. The van der Waals surface area contributed by atoms with Crippen molar-refractivity contribution < 1.29 is 14.0 Å². The molecule has 0 radical (unpaired) electrons. The average Bonchev–Trinajstić information content (AvgIpc) is 2.75. The highest BCUT2D eigenvalue weighted by molar-refractivity contribution is 7.80. The van der Waals surface area contributed by atoms with Gasteiger partial charge in [0.25, 0.3) is 0 Å². The second-order valence-corrected chi connectivity index (χ2v) is 10.5. The largest absolute Gasteiger partial charge is 0.359 e. The minimum atomic E-state index is -3.91. The molecule has 1 atom stereocenters. The summed E-state index contributed by atoms with van der Waals surface area (Å²) in [4.78, 5) is 10.5. The molecule has 0 bridgehead atoms. The van der Waals surface area contributed by atoms with Crippen molar-refractivity contribution in [3.05, 3.63) is 97.1 Å². The lowest BCUT2D eigenvalue weighted by Gasteiger charge is -2.22. The minimum absolute atomic E-state index is 0.350. The van der Waals surface area contributed by atoms with Crippen LogP contribution < -0.4 is 21.2 Å². The van der Waals surface area contributed by atoms with Crippen LogP contribution in [0.1, 0.15) is 0 Å². The molecule has 140 valence electrons. The molecular weight excluding hydrogens is 386 g/mol. The molecule has 0 spiro atoms. The average molecular weight is 406 g/mol. The van der Waals surface area contributed by atoms with E-state index in [1.165, 1.54) is 17.7 Å². The van der Waals surface area contributed by atoms with Crippen LogP contribution in [0.5, 0.6) is 0 Å². The van der Waals surface area contributed by atoms with Gasteiger partial charge in [-0.1, -0.05) is 84.9 Å². The summed E-state index contributed by atoms with van der Waals surface area (Å²) in [5.41, 5.74) is 0. The number of rotatable bonds is 5. The Morgan fingerprint density at radius 3 is 1.86 bits per heavy atom. The molecule has 0 aliphatic heterocycles. The fraction of sp³-hybridized carbons (Fsp3) is 0.0435. The molecular formula is C23H20O3P2. The molecule has 1 N–H and O–H groups in total. The van der Waals surface area contributed by atoms with Crippen molar-refractivity contribution in [1.82, 2.24) is 0 Å². The lowest BCUT2D eigenvalue weighted by atomic mass is 10.1. The van der Waals surface area contributed by atoms with E-state index in [0.29, 0.717) is 5.30 Å². The lowest BCUT2D eigenvalue weighted by molar-refractivity contribution is 0.328. The Balaban J connectivity index is 2.01. The predicted octanol–water partition coefficient (Wildman–Crippen LogP) is 4.06. The van der Waals surface area contributed by atoms with Gasteiger partial charge < -0.3 is 9.42 Å². The van der Waals surface area contributed by atoms with E-state index in [4.69, 9.17) is 4.52 Å². The number of fused-ring (bicyclic) bond motifs is 1. The topological polar surface area (TPSA) is 46.5 Å². The molecule has 28 heavy (non-hydrogen) atoms. The van der Waals surface area contributed by atoms with E-state index in [0.717, 1.165) is 16.1 Å². The van der Waals surface area contributed by atoms with Crippen LogP contribution in [0.15, 0.2) is 97.1 Å². The highest BCUT2D eigenvalue weighted by Gasteiger charge is 2.26. The molecule has 0 fully saturated rings. The van der Waals surface area contributed by atoms with Gasteiger partial charge >= 0.3 is 7.60 Å². The first kappa shape index (κ1) is 19.1. The van der Waals surface area contributed by atoms with Crippen molar-refractivity contribution in [2.45, 2.75) is 0 Å². The normalized spacial score (nSPS) is 13.5. The van der Waals surface area contributed by atoms with Gasteiger partial charge in [0.05, 0.1) is 5.30 Å². The number of hydrogen-bond donors (Lipinski definition) is 1. The Bertz CT molecular complexity index is 1100. The Morgan fingerprint density at radius 2 is 1.29 bits per heavy atom. The maximum absolute atomic E-state index is 12.8. The number of benzene rings is 4. The Morgan fingerprint density at radius 1 is 0.750 bits per heavy atom. The third-order valence-corrected chi connectivity index (χ3v) is 8.54. The Hall–Kier alpha value is -2.28. The Kier molecular flexibility index (Phi) is 5.44. The van der Waals surface area contributed by atoms with Crippen LogP contribution in [0, 0.1) is 0 Å². The van der Waals surface area contributed by atoms with Crippen LogP contribution in [0.4, 0.5) is 0 Å². The van der Waals surface area contributed by atoms with E-state index in [9.17, 15) is 9.46 Å². The second kappa shape index (κ2) is 7.99. The Labute approximate surface area is 165 Å². The fourth-order valence-corrected chi connectivity index (χ4v) is 6.81. The first-order chi connectivity index (χ1) is 13.6. The van der Waals surface area contributed by atoms with Gasteiger partial charge in [-0.2, -0.15) is 0 Å². The van der Waals surface area contributed by atoms with Crippen LogP contribution in [0.3, 0.4) is 0 Å². The van der Waals surface area contributed by atoms with E-state index in [-0.39, 0.29) is 0 Å². The third-order valence-electron chi connectivity index (χ3n) is 4.66. The molecule has 0 aromatic heterocycles. The minimum Gasteiger partial charge on any atom is -0.321 e. The first-order valence-electron chi connectivity index (χ1n) is 8.92. The second-order valence-electron chi connectivity index (χ2n) is 6.40. The highest BCUT2D eigenvalue weighted by atomic mass is 31.2. The zero-order chi connectivity index (χ0) is 19.6. The van der Waals surface area contributed by atoms with Crippen LogP contribution >= 0.6 is 15.5 Å². The molecule has 0 saturated heterocycles. The van der Waals surface area contributed by atoms with Crippen molar-refractivity contribution in [3.63, 3.8) is 0 Å². The van der Waals surface area contributed by atoms with Gasteiger partial charge in [-0.3, -0.25) is 4.57 Å². The lowest BCUT2D eigenvalue weighted by Crippen LogP contribution is -2.23. The van der Waals surface area contributed by atoms with Crippen molar-refractivity contribution in [2.24, 2.45) is 0 Å². The van der Waals surface area contributed by atoms with Gasteiger partial charge in [-0.05, 0) is 46.7 Å². The summed E-state index contributed by atoms with van der Waals surface area (Å²) in [6.07, 6.45) is 0. The summed E-state index contributed by atoms with van der Waals surface area (Å²) in [6.45, 7) is 0. The molecule has 4 aromatic rings. The smallest absolute Gasteiger partial charge is 0.321 e. The van der Waals surface area contributed by atoms with E-state index in [2.05, 4.69) is 30.3 Å². The SMILES string of the molecule is COP(=O)(O)c1cc(P(c2ccccc2)c2ccccc2)cc2ccccc12. The first-order valence-corrected chi connectivity index (χ1v) is 11.8. The van der Waals surface area contributed by atoms with Crippen molar-refractivity contribution in [1.29, 1.82) is 0 Å². The summed E-state index contributed by atoms with van der Waals surface area (Å²) in [5.74, 6) is 0. The summed E-state index contributed by atoms with van der Waals surface area (Å²) >= 11 is 0. The van der Waals surface area contributed by atoms with E-state index in [1.807, 2.05) is 66.7 Å². The monoisotopic (exact) mass is 406 g/mol. The van der Waals surface area contributed by atoms with E-state index < -0.39 is 15.5 Å². The van der Waals surface area contributed by atoms with Gasteiger partial charge in [-0.25, -0.2) is 0 Å². The molecule has 0 heterocycles. The maximum Gasteiger partial charge on any atom is 0.359 e. The fourth-order valence-electron chi connectivity index (χ4n) is 3.34. The van der Waals surface area contributed by atoms with Gasteiger partial charge in [0.1, 0.15) is 0 Å². The summed E-state index contributed by atoms with van der Waals surface area (Å²) in [5, 5.41) is 5.43. The van der Waals surface area contributed by atoms with Gasteiger partial charge in [0, 0.05) is 7.11 Å². The summed E-state index contributed by atoms with van der Waals surface area (Å²) in [7, 11) is -3.51. The molecule has 0 saturated carbocycles. The van der Waals surface area contributed by atoms with Gasteiger partial charge in [0.2, 0.25) is 0 Å². The molecule has 4 aromatic carbocycles. The highest BCUT2D eigenvalue weighted by Crippen LogP contribution is 2.43. The zero-order valence-electron chi connectivity index (χ0n) is 15.4. The van der Waals surface area contributed by atoms with Crippen LogP contribution in [-0.2, 0) is 9.09 Å². The van der Waals surface area contributed by atoms with E-state index in [1.54, 1.807) is 0 Å². The summed E-state index contributed by atoms with van der Waals surface area (Å²) in [6, 6.07) is 32.2.